The van der Waals surface area contributed by atoms with Crippen LogP contribution in [0.1, 0.15) is 43.4 Å². The lowest BCUT2D eigenvalue weighted by Gasteiger charge is -2.18. The second-order valence-electron chi connectivity index (χ2n) is 6.93. The van der Waals surface area contributed by atoms with Crippen LogP contribution in [-0.4, -0.2) is 35.4 Å². The molecule has 1 heterocycles. The monoisotopic (exact) mass is 371 g/mol. The molecule has 0 radical (unpaired) electrons. The van der Waals surface area contributed by atoms with Crippen molar-refractivity contribution in [2.24, 2.45) is 12.0 Å². The minimum Gasteiger partial charge on any atom is -0.490 e. The first-order valence-electron chi connectivity index (χ1n) is 9.70. The van der Waals surface area contributed by atoms with Gasteiger partial charge in [-0.2, -0.15) is 5.10 Å². The first kappa shape index (κ1) is 20.8. The third-order valence-electron chi connectivity index (χ3n) is 4.49. The maximum Gasteiger partial charge on any atom is 0.191 e. The second-order valence-corrected chi connectivity index (χ2v) is 6.93. The van der Waals surface area contributed by atoms with Gasteiger partial charge in [-0.1, -0.05) is 19.1 Å². The number of aromatic nitrogens is 2. The molecule has 1 aromatic carbocycles. The molecular formula is C21H33N5O. The smallest absolute Gasteiger partial charge is 0.191 e. The van der Waals surface area contributed by atoms with Gasteiger partial charge in [0.15, 0.2) is 5.96 Å². The van der Waals surface area contributed by atoms with E-state index in [1.807, 2.05) is 17.9 Å². The lowest BCUT2D eigenvalue weighted by atomic mass is 10.1. The molecule has 0 aliphatic carbocycles. The first-order chi connectivity index (χ1) is 13.0. The number of benzene rings is 1. The van der Waals surface area contributed by atoms with Crippen molar-refractivity contribution >= 4 is 5.96 Å². The van der Waals surface area contributed by atoms with Crippen LogP contribution in [0.3, 0.4) is 0 Å². The van der Waals surface area contributed by atoms with Gasteiger partial charge in [-0.25, -0.2) is 0 Å². The number of aryl methyl sites for hydroxylation is 3. The minimum absolute atomic E-state index is 0.204. The highest BCUT2D eigenvalue weighted by Crippen LogP contribution is 2.22. The Kier molecular flexibility index (Phi) is 8.17. The van der Waals surface area contributed by atoms with E-state index in [1.165, 1.54) is 11.1 Å². The molecule has 0 amide bonds. The van der Waals surface area contributed by atoms with Gasteiger partial charge in [0.05, 0.1) is 12.3 Å². The first-order valence-corrected chi connectivity index (χ1v) is 9.70. The maximum atomic E-state index is 6.08. The third-order valence-corrected chi connectivity index (χ3v) is 4.49. The summed E-state index contributed by atoms with van der Waals surface area (Å²) in [7, 11) is 3.74. The summed E-state index contributed by atoms with van der Waals surface area (Å²) in [5, 5.41) is 11.0. The van der Waals surface area contributed by atoms with Gasteiger partial charge < -0.3 is 15.4 Å². The van der Waals surface area contributed by atoms with Gasteiger partial charge in [-0.3, -0.25) is 9.67 Å². The van der Waals surface area contributed by atoms with Crippen molar-refractivity contribution in [3.8, 4) is 5.75 Å². The summed E-state index contributed by atoms with van der Waals surface area (Å²) >= 11 is 0. The second kappa shape index (κ2) is 10.6. The summed E-state index contributed by atoms with van der Waals surface area (Å²) in [4.78, 5) is 4.31. The van der Waals surface area contributed by atoms with E-state index in [0.29, 0.717) is 6.54 Å². The van der Waals surface area contributed by atoms with Crippen molar-refractivity contribution in [2.45, 2.75) is 52.7 Å². The molecule has 0 saturated heterocycles. The molecule has 0 spiro atoms. The molecule has 1 aromatic heterocycles. The Bertz CT molecular complexity index is 738. The topological polar surface area (TPSA) is 63.5 Å². The van der Waals surface area contributed by atoms with E-state index in [1.54, 1.807) is 7.05 Å². The Labute approximate surface area is 163 Å². The number of aliphatic imine (C=N–C) groups is 1. The predicted molar refractivity (Wildman–Crippen MR) is 111 cm³/mol. The van der Waals surface area contributed by atoms with Gasteiger partial charge in [-0.15, -0.1) is 0 Å². The molecule has 1 atom stereocenters. The van der Waals surface area contributed by atoms with Crippen LogP contribution in [0.25, 0.3) is 0 Å². The number of nitrogens with zero attached hydrogens (tertiary/aromatic N) is 3. The Morgan fingerprint density at radius 3 is 2.81 bits per heavy atom. The lowest BCUT2D eigenvalue weighted by molar-refractivity contribution is 0.215. The van der Waals surface area contributed by atoms with E-state index in [2.05, 4.69) is 65.9 Å². The minimum atomic E-state index is 0.204. The van der Waals surface area contributed by atoms with E-state index in [9.17, 15) is 0 Å². The number of nitrogens with one attached hydrogen (secondary N) is 2. The van der Waals surface area contributed by atoms with Crippen LogP contribution in [0.2, 0.25) is 0 Å². The van der Waals surface area contributed by atoms with Crippen molar-refractivity contribution in [3.05, 3.63) is 47.3 Å². The quantitative estimate of drug-likeness (QED) is 0.404. The summed E-state index contributed by atoms with van der Waals surface area (Å²) in [6.45, 7) is 7.86. The Morgan fingerprint density at radius 2 is 2.15 bits per heavy atom. The van der Waals surface area contributed by atoms with Crippen molar-refractivity contribution in [3.63, 3.8) is 0 Å². The Balaban J connectivity index is 1.82. The van der Waals surface area contributed by atoms with Crippen LogP contribution in [0.15, 0.2) is 35.6 Å². The fourth-order valence-corrected chi connectivity index (χ4v) is 2.72. The zero-order valence-electron chi connectivity index (χ0n) is 17.2. The normalized spacial score (nSPS) is 12.7. The molecule has 0 aliphatic rings. The van der Waals surface area contributed by atoms with Crippen LogP contribution in [-0.2, 0) is 20.0 Å². The van der Waals surface area contributed by atoms with E-state index < -0.39 is 0 Å². The van der Waals surface area contributed by atoms with Crippen LogP contribution in [0.4, 0.5) is 0 Å². The summed E-state index contributed by atoms with van der Waals surface area (Å²) in [5.41, 5.74) is 3.60. The molecule has 148 valence electrons. The molecule has 2 rings (SSSR count). The summed E-state index contributed by atoms with van der Waals surface area (Å²) in [6, 6.07) is 6.34. The molecule has 6 heteroatoms. The fraction of sp³-hybridized carbons (Fsp3) is 0.524. The van der Waals surface area contributed by atoms with Crippen LogP contribution >= 0.6 is 0 Å². The Morgan fingerprint density at radius 1 is 1.33 bits per heavy atom. The third kappa shape index (κ3) is 6.96. The lowest BCUT2D eigenvalue weighted by Crippen LogP contribution is -2.37. The summed E-state index contributed by atoms with van der Waals surface area (Å²) in [5.74, 6) is 1.75. The molecule has 2 aromatic rings. The van der Waals surface area contributed by atoms with E-state index in [-0.39, 0.29) is 6.10 Å². The highest BCUT2D eigenvalue weighted by atomic mass is 16.5. The fourth-order valence-electron chi connectivity index (χ4n) is 2.72. The SMILES string of the molecule is CCC(C)Oc1cc(C)ccc1CNC(=NC)NCCCc1cnn(C)c1. The van der Waals surface area contributed by atoms with E-state index in [4.69, 9.17) is 4.74 Å². The molecule has 0 aliphatic heterocycles. The van der Waals surface area contributed by atoms with Gasteiger partial charge in [0.25, 0.3) is 0 Å². The summed E-state index contributed by atoms with van der Waals surface area (Å²) in [6.07, 6.45) is 7.20. The largest absolute Gasteiger partial charge is 0.490 e. The molecule has 0 bridgehead atoms. The summed E-state index contributed by atoms with van der Waals surface area (Å²) < 4.78 is 7.92. The number of guanidine groups is 1. The molecule has 0 fully saturated rings. The molecule has 2 N–H and O–H groups in total. The average molecular weight is 372 g/mol. The molecule has 0 saturated carbocycles. The zero-order valence-corrected chi connectivity index (χ0v) is 17.2. The standard InChI is InChI=1S/C21H33N5O/c1-6-17(3)27-20-12-16(2)9-10-19(20)14-24-21(22-4)23-11-7-8-18-13-25-26(5)15-18/h9-10,12-13,15,17H,6-8,11,14H2,1-5H3,(H2,22,23,24). The molecule has 1 unspecified atom stereocenters. The van der Waals surface area contributed by atoms with Crippen LogP contribution in [0.5, 0.6) is 5.75 Å². The van der Waals surface area contributed by atoms with Crippen LogP contribution in [0, 0.1) is 6.92 Å². The number of hydrogen-bond acceptors (Lipinski definition) is 3. The highest BCUT2D eigenvalue weighted by molar-refractivity contribution is 5.79. The van der Waals surface area contributed by atoms with Crippen LogP contribution < -0.4 is 15.4 Å². The van der Waals surface area contributed by atoms with E-state index >= 15 is 0 Å². The van der Waals surface area contributed by atoms with Crippen molar-refractivity contribution < 1.29 is 4.74 Å². The van der Waals surface area contributed by atoms with Gasteiger partial charge in [0.2, 0.25) is 0 Å². The number of rotatable bonds is 9. The maximum absolute atomic E-state index is 6.08. The van der Waals surface area contributed by atoms with Crippen molar-refractivity contribution in [1.82, 2.24) is 20.4 Å². The van der Waals surface area contributed by atoms with Gasteiger partial charge in [0, 0.05) is 38.9 Å². The van der Waals surface area contributed by atoms with Gasteiger partial charge in [0.1, 0.15) is 5.75 Å². The predicted octanol–water partition coefficient (Wildman–Crippen LogP) is 3.20. The molecular weight excluding hydrogens is 338 g/mol. The molecule has 6 nitrogen and oxygen atoms in total. The average Bonchev–Trinajstić information content (AvgIpc) is 3.07. The number of hydrogen-bond donors (Lipinski definition) is 2. The highest BCUT2D eigenvalue weighted by Gasteiger charge is 2.09. The van der Waals surface area contributed by atoms with Crippen molar-refractivity contribution in [2.75, 3.05) is 13.6 Å². The Hall–Kier alpha value is -2.50. The van der Waals surface area contributed by atoms with Gasteiger partial charge in [-0.05, 0) is 50.3 Å². The van der Waals surface area contributed by atoms with Crippen molar-refractivity contribution in [1.29, 1.82) is 0 Å². The van der Waals surface area contributed by atoms with Gasteiger partial charge >= 0.3 is 0 Å². The zero-order chi connectivity index (χ0) is 19.6. The molecule has 27 heavy (non-hydrogen) atoms. The van der Waals surface area contributed by atoms with E-state index in [0.717, 1.165) is 43.1 Å². The number of ether oxygens (including phenoxy) is 1.